The fourth-order valence-electron chi connectivity index (χ4n) is 9.21. The van der Waals surface area contributed by atoms with Crippen molar-refractivity contribution in [3.05, 3.63) is 216 Å². The first-order valence-corrected chi connectivity index (χ1v) is 32.4. The number of hydrogen-bond acceptors (Lipinski definition) is 18. The second kappa shape index (κ2) is 44.1. The van der Waals surface area contributed by atoms with Gasteiger partial charge in [-0.05, 0) is 79.4 Å². The Bertz CT molecular complexity index is 3030. The van der Waals surface area contributed by atoms with Gasteiger partial charge in [-0.15, -0.1) is 0 Å². The van der Waals surface area contributed by atoms with Crippen molar-refractivity contribution >= 4 is 36.4 Å². The first-order chi connectivity index (χ1) is 45.0. The minimum Gasteiger partial charge on any atom is -0.490 e. The Morgan fingerprint density at radius 2 is 0.670 bits per heavy atom. The summed E-state index contributed by atoms with van der Waals surface area (Å²) in [6.07, 6.45) is -1.89. The van der Waals surface area contributed by atoms with E-state index in [1.165, 1.54) is 0 Å². The summed E-state index contributed by atoms with van der Waals surface area (Å²) in [5.74, 6) is 1.15. The third kappa shape index (κ3) is 29.6. The van der Waals surface area contributed by atoms with Crippen LogP contribution in [0.4, 0.5) is 0 Å². The third-order valence-corrected chi connectivity index (χ3v) is 13.4. The summed E-state index contributed by atoms with van der Waals surface area (Å²) in [5.41, 5.74) is 3.72. The molecule has 7 aromatic carbocycles. The normalized spacial score (nSPS) is 16.8. The maximum Gasteiger partial charge on any atom is 0.337 e. The van der Waals surface area contributed by atoms with Gasteiger partial charge in [-0.1, -0.05) is 158 Å². The zero-order chi connectivity index (χ0) is 67.1. The number of aliphatic carboxylic acids is 3. The van der Waals surface area contributed by atoms with E-state index in [1.54, 1.807) is 30.3 Å². The second-order valence-corrected chi connectivity index (χ2v) is 22.0. The van der Waals surface area contributed by atoms with Crippen molar-refractivity contribution in [2.24, 2.45) is 0 Å². The highest BCUT2D eigenvalue weighted by molar-refractivity contribution is 7.85. The number of carbonyl (C=O) groups is 3. The van der Waals surface area contributed by atoms with Crippen LogP contribution in [0.15, 0.2) is 194 Å². The lowest BCUT2D eigenvalue weighted by atomic mass is 10.0. The second-order valence-electron chi connectivity index (χ2n) is 20.5. The molecule has 0 amide bonds. The number of para-hydroxylation sites is 6. The molecule has 3 fully saturated rings. The minimum absolute atomic E-state index is 0. The van der Waals surface area contributed by atoms with Gasteiger partial charge in [0.25, 0.3) is 10.1 Å². The van der Waals surface area contributed by atoms with Crippen LogP contribution in [-0.4, -0.2) is 163 Å². The van der Waals surface area contributed by atoms with E-state index in [0.717, 1.165) is 90.5 Å². The lowest BCUT2D eigenvalue weighted by Crippen LogP contribution is -2.43. The lowest BCUT2D eigenvalue weighted by molar-refractivity contribution is -0.147. The molecule has 0 aromatic heterocycles. The Labute approximate surface area is 552 Å². The molecule has 505 valence electrons. The molecule has 22 nitrogen and oxygen atoms in total. The molecular formula is C70H87BN3O19S. The van der Waals surface area contributed by atoms with Gasteiger partial charge in [0, 0.05) is 47.7 Å². The number of nitrogens with one attached hydrogen (secondary N) is 3. The molecule has 7 aromatic rings. The van der Waals surface area contributed by atoms with E-state index >= 15 is 0 Å². The molecule has 10 rings (SSSR count). The molecular weight excluding hydrogens is 1230 g/mol. The summed E-state index contributed by atoms with van der Waals surface area (Å²) < 4.78 is 79.7. The van der Waals surface area contributed by atoms with E-state index in [0.29, 0.717) is 51.5 Å². The van der Waals surface area contributed by atoms with Crippen LogP contribution >= 0.6 is 0 Å². The highest BCUT2D eigenvalue weighted by Crippen LogP contribution is 2.37. The summed E-state index contributed by atoms with van der Waals surface area (Å²) in [7, 11) is -3.67. The fraction of sp³-hybridized carbons (Fsp3) is 0.357. The fourth-order valence-corrected chi connectivity index (χ4v) is 9.21. The van der Waals surface area contributed by atoms with Crippen molar-refractivity contribution in [2.45, 2.75) is 76.3 Å². The van der Waals surface area contributed by atoms with E-state index in [4.69, 9.17) is 67.6 Å². The molecule has 3 radical (unpaired) electrons. The number of carboxylic acid groups (broad SMARTS) is 3. The summed E-state index contributed by atoms with van der Waals surface area (Å²) in [5, 5.41) is 43.3. The van der Waals surface area contributed by atoms with Crippen LogP contribution in [0.3, 0.4) is 0 Å². The van der Waals surface area contributed by atoms with Crippen molar-refractivity contribution < 1.29 is 90.4 Å². The quantitative estimate of drug-likeness (QED) is 0.0218. The number of morpholine rings is 3. The van der Waals surface area contributed by atoms with Crippen LogP contribution in [0.1, 0.15) is 80.3 Å². The maximum absolute atomic E-state index is 10.2. The number of hydrogen-bond donors (Lipinski definition) is 8. The van der Waals surface area contributed by atoms with E-state index in [2.05, 4.69) is 52.3 Å². The van der Waals surface area contributed by atoms with Gasteiger partial charge in [0.15, 0.2) is 58.9 Å². The molecule has 3 saturated heterocycles. The van der Waals surface area contributed by atoms with Crippen LogP contribution in [0.25, 0.3) is 0 Å². The zero-order valence-electron chi connectivity index (χ0n) is 53.4. The molecule has 0 spiro atoms. The largest absolute Gasteiger partial charge is 0.490 e. The molecule has 24 heteroatoms. The van der Waals surface area contributed by atoms with Crippen LogP contribution < -0.4 is 44.4 Å². The van der Waals surface area contributed by atoms with Gasteiger partial charge in [0.2, 0.25) is 0 Å². The minimum atomic E-state index is -3.67. The van der Waals surface area contributed by atoms with Crippen molar-refractivity contribution in [2.75, 3.05) is 85.2 Å². The first kappa shape index (κ1) is 77.9. The molecule has 94 heavy (non-hydrogen) atoms. The molecule has 8 N–H and O–H groups in total. The van der Waals surface area contributed by atoms with Crippen LogP contribution in [-0.2, 0) is 38.7 Å². The highest BCUT2D eigenvalue weighted by atomic mass is 32.2. The Kier molecular flexibility index (Phi) is 36.6. The highest BCUT2D eigenvalue weighted by Gasteiger charge is 2.31. The predicted molar refractivity (Wildman–Crippen MR) is 357 cm³/mol. The molecule has 3 aliphatic heterocycles. The SMILES string of the molecule is CCOc1ccccc1OC(c1ccccc1)C1CNCCO1.CCOc1ccccc1O[C@@H](c1ccccc1)[C@@H]1CNCCO1.CCOc1ccccc1O[C@@H](c1ccccc1)[C@@H]1CNCCO1.CS(=O)(=O)O.O=C(O)CCC(=O)O.O=C(O)[C@H](O)c1ccccc1.[B]. The lowest BCUT2D eigenvalue weighted by Gasteiger charge is -2.32. The first-order valence-electron chi connectivity index (χ1n) is 30.6. The van der Waals surface area contributed by atoms with E-state index < -0.39 is 34.1 Å². The number of aliphatic hydroxyl groups is 1. The van der Waals surface area contributed by atoms with E-state index in [-0.39, 0.29) is 57.9 Å². The smallest absolute Gasteiger partial charge is 0.337 e. The van der Waals surface area contributed by atoms with Crippen LogP contribution in [0.2, 0.25) is 0 Å². The number of carboxylic acids is 3. The van der Waals surface area contributed by atoms with Gasteiger partial charge < -0.3 is 79.0 Å². The van der Waals surface area contributed by atoms with Crippen LogP contribution in [0.5, 0.6) is 34.5 Å². The monoisotopic (exact) mass is 1320 g/mol. The molecule has 0 bridgehead atoms. The maximum atomic E-state index is 10.2. The van der Waals surface area contributed by atoms with Gasteiger partial charge in [-0.2, -0.15) is 8.42 Å². The van der Waals surface area contributed by atoms with E-state index in [9.17, 15) is 22.8 Å². The standard InChI is InChI=1S/3C19H23NO3.C8H8O3.C4H6O4.CH4O3S.B/c3*1-2-21-16-10-6-7-11-17(16)23-19(15-8-4-3-5-9-15)18-14-20-12-13-22-18;9-7(8(10)11)6-4-2-1-3-5-6;5-3(6)1-2-4(7)8;1-5(2,3)4;/h3*3-11,18-20H,2,12-14H2,1H3;1-5,7,9H,(H,10,11);1-2H2,(H,5,6)(H,7,8);1H3,(H,2,3,4);/t2*18-,19-;;7-;;;/m00.1.../s1. The van der Waals surface area contributed by atoms with E-state index in [1.807, 2.05) is 148 Å². The number of benzene rings is 7. The van der Waals surface area contributed by atoms with Crippen molar-refractivity contribution in [3.8, 4) is 34.5 Å². The van der Waals surface area contributed by atoms with Gasteiger partial charge >= 0.3 is 17.9 Å². The molecule has 3 aliphatic rings. The van der Waals surface area contributed by atoms with Crippen molar-refractivity contribution in [3.63, 3.8) is 0 Å². The molecule has 7 atom stereocenters. The Balaban J connectivity index is 0.000000255. The Morgan fingerprint density at radius 3 is 0.883 bits per heavy atom. The number of aliphatic hydroxyl groups excluding tert-OH is 1. The average molecular weight is 1320 g/mol. The summed E-state index contributed by atoms with van der Waals surface area (Å²) >= 11 is 0. The predicted octanol–water partition coefficient (Wildman–Crippen LogP) is 9.45. The molecule has 3 heterocycles. The van der Waals surface area contributed by atoms with Gasteiger partial charge in [-0.3, -0.25) is 14.1 Å². The number of ether oxygens (including phenoxy) is 9. The summed E-state index contributed by atoms with van der Waals surface area (Å²) in [4.78, 5) is 29.5. The van der Waals surface area contributed by atoms with Crippen molar-refractivity contribution in [1.82, 2.24) is 16.0 Å². The van der Waals surface area contributed by atoms with Gasteiger partial charge in [0.1, 0.15) is 18.3 Å². The van der Waals surface area contributed by atoms with Gasteiger partial charge in [0.05, 0.1) is 58.7 Å². The summed E-state index contributed by atoms with van der Waals surface area (Å²) in [6.45, 7) is 14.8. The van der Waals surface area contributed by atoms with Gasteiger partial charge in [-0.25, -0.2) is 4.79 Å². The Morgan fingerprint density at radius 1 is 0.436 bits per heavy atom. The van der Waals surface area contributed by atoms with Crippen LogP contribution in [0, 0.1) is 0 Å². The molecule has 0 saturated carbocycles. The molecule has 0 aliphatic carbocycles. The van der Waals surface area contributed by atoms with Crippen molar-refractivity contribution in [1.29, 1.82) is 0 Å². The third-order valence-electron chi connectivity index (χ3n) is 13.4. The molecule has 2 unspecified atom stereocenters. The average Bonchev–Trinajstić information content (AvgIpc) is 0.863. The summed E-state index contributed by atoms with van der Waals surface area (Å²) in [6, 6.07) is 62.2. The number of rotatable bonds is 23. The topological polar surface area (TPSA) is 306 Å². The Hall–Kier alpha value is -8.56. The zero-order valence-corrected chi connectivity index (χ0v) is 54.2.